The van der Waals surface area contributed by atoms with Crippen molar-refractivity contribution >= 4 is 53.5 Å². The van der Waals surface area contributed by atoms with E-state index in [2.05, 4.69) is 15.3 Å². The van der Waals surface area contributed by atoms with Gasteiger partial charge in [-0.05, 0) is 43.1 Å². The number of nitrogens with zero attached hydrogens (tertiary/aromatic N) is 1. The molecule has 0 fully saturated rings. The second kappa shape index (κ2) is 11.9. The van der Waals surface area contributed by atoms with Crippen LogP contribution in [0, 0.1) is 0 Å². The number of benzene rings is 2. The molecule has 146 valence electrons. The van der Waals surface area contributed by atoms with Crippen LogP contribution in [-0.2, 0) is 5.75 Å². The number of hydrogen-bond donors (Lipinski definition) is 3. The second-order valence-electron chi connectivity index (χ2n) is 5.76. The molecule has 0 aliphatic heterocycles. The van der Waals surface area contributed by atoms with Gasteiger partial charge in [0.1, 0.15) is 0 Å². The minimum Gasteiger partial charge on any atom is -0.352 e. The Balaban J connectivity index is 0.00000182. The number of para-hydroxylation sites is 2. The minimum absolute atomic E-state index is 0. The first-order chi connectivity index (χ1) is 12.3. The molecule has 5 nitrogen and oxygen atoms in total. The van der Waals surface area contributed by atoms with Gasteiger partial charge in [0.15, 0.2) is 5.16 Å². The van der Waals surface area contributed by atoms with E-state index in [4.69, 9.17) is 5.73 Å². The Bertz CT molecular complexity index is 823. The molecule has 1 amide bonds. The normalized spacial score (nSPS) is 10.1. The van der Waals surface area contributed by atoms with Crippen molar-refractivity contribution in [1.82, 2.24) is 15.3 Å². The van der Waals surface area contributed by atoms with E-state index in [0.717, 1.165) is 40.2 Å². The van der Waals surface area contributed by atoms with Crippen molar-refractivity contribution in [1.29, 1.82) is 0 Å². The van der Waals surface area contributed by atoms with Crippen LogP contribution in [0.4, 0.5) is 0 Å². The Kier molecular flexibility index (Phi) is 10.3. The number of unbranched alkanes of at least 4 members (excludes halogenated alkanes) is 1. The van der Waals surface area contributed by atoms with E-state index >= 15 is 0 Å². The average molecular weight is 427 g/mol. The van der Waals surface area contributed by atoms with Crippen molar-refractivity contribution in [3.8, 4) is 0 Å². The summed E-state index contributed by atoms with van der Waals surface area (Å²) >= 11 is 1.60. The molecule has 4 N–H and O–H groups in total. The second-order valence-corrected chi connectivity index (χ2v) is 6.72. The van der Waals surface area contributed by atoms with Crippen molar-refractivity contribution in [2.75, 3.05) is 13.1 Å². The number of aromatic nitrogens is 2. The highest BCUT2D eigenvalue weighted by Crippen LogP contribution is 2.24. The van der Waals surface area contributed by atoms with Crippen LogP contribution in [0.5, 0.6) is 0 Å². The monoisotopic (exact) mass is 426 g/mol. The number of fused-ring (bicyclic) bond motifs is 1. The van der Waals surface area contributed by atoms with Gasteiger partial charge in [-0.15, -0.1) is 24.8 Å². The van der Waals surface area contributed by atoms with Gasteiger partial charge < -0.3 is 16.0 Å². The third kappa shape index (κ3) is 6.43. The van der Waals surface area contributed by atoms with Crippen LogP contribution in [-0.4, -0.2) is 29.0 Å². The van der Waals surface area contributed by atoms with Gasteiger partial charge in [0.05, 0.1) is 11.0 Å². The van der Waals surface area contributed by atoms with Crippen LogP contribution in [0.25, 0.3) is 11.0 Å². The molecule has 8 heteroatoms. The summed E-state index contributed by atoms with van der Waals surface area (Å²) in [6.45, 7) is 1.31. The molecule has 2 aromatic carbocycles. The van der Waals surface area contributed by atoms with Gasteiger partial charge in [-0.2, -0.15) is 0 Å². The SMILES string of the molecule is Cl.Cl.NCCCCNC(=O)c1ccccc1CSc1nc2ccccc2[nH]1. The standard InChI is InChI=1S/C19H22N4OS.2ClH/c20-11-5-6-12-21-18(24)15-8-2-1-7-14(15)13-25-19-22-16-9-3-4-10-17(16)23-19;;/h1-4,7-10H,5-6,11-13,20H2,(H,21,24)(H,22,23);2*1H. The highest BCUT2D eigenvalue weighted by atomic mass is 35.5. The number of H-pyrrole nitrogens is 1. The molecule has 1 aromatic heterocycles. The summed E-state index contributed by atoms with van der Waals surface area (Å²) in [5.74, 6) is 0.657. The largest absolute Gasteiger partial charge is 0.352 e. The van der Waals surface area contributed by atoms with Crippen LogP contribution >= 0.6 is 36.6 Å². The molecule has 0 saturated carbocycles. The number of halogens is 2. The highest BCUT2D eigenvalue weighted by molar-refractivity contribution is 7.98. The Labute approximate surface area is 175 Å². The molecule has 1 heterocycles. The maximum Gasteiger partial charge on any atom is 0.251 e. The smallest absolute Gasteiger partial charge is 0.251 e. The van der Waals surface area contributed by atoms with Crippen molar-refractivity contribution in [2.24, 2.45) is 5.73 Å². The van der Waals surface area contributed by atoms with Crippen molar-refractivity contribution in [3.05, 3.63) is 59.7 Å². The van der Waals surface area contributed by atoms with Gasteiger partial charge in [0, 0.05) is 17.9 Å². The maximum absolute atomic E-state index is 12.4. The molecule has 0 atom stereocenters. The zero-order valence-corrected chi connectivity index (χ0v) is 17.3. The number of imidazole rings is 1. The fourth-order valence-electron chi connectivity index (χ4n) is 2.58. The Morgan fingerprint density at radius 2 is 1.81 bits per heavy atom. The third-order valence-electron chi connectivity index (χ3n) is 3.91. The lowest BCUT2D eigenvalue weighted by Gasteiger charge is -2.09. The molecule has 27 heavy (non-hydrogen) atoms. The van der Waals surface area contributed by atoms with Crippen molar-refractivity contribution in [3.63, 3.8) is 0 Å². The first-order valence-corrected chi connectivity index (χ1v) is 9.40. The molecule has 0 saturated heterocycles. The van der Waals surface area contributed by atoms with Gasteiger partial charge >= 0.3 is 0 Å². The summed E-state index contributed by atoms with van der Waals surface area (Å²) in [6, 6.07) is 15.7. The van der Waals surface area contributed by atoms with E-state index < -0.39 is 0 Å². The number of aromatic amines is 1. The number of amides is 1. The van der Waals surface area contributed by atoms with Gasteiger partial charge in [0.2, 0.25) is 0 Å². The van der Waals surface area contributed by atoms with Crippen molar-refractivity contribution in [2.45, 2.75) is 23.8 Å². The van der Waals surface area contributed by atoms with E-state index in [1.807, 2.05) is 48.5 Å². The molecular weight excluding hydrogens is 403 g/mol. The first kappa shape index (κ1) is 23.3. The van der Waals surface area contributed by atoms with E-state index in [0.29, 0.717) is 18.8 Å². The Morgan fingerprint density at radius 1 is 1.07 bits per heavy atom. The van der Waals surface area contributed by atoms with Gasteiger partial charge in [-0.3, -0.25) is 4.79 Å². The highest BCUT2D eigenvalue weighted by Gasteiger charge is 2.11. The Morgan fingerprint density at radius 3 is 2.59 bits per heavy atom. The van der Waals surface area contributed by atoms with E-state index in [1.165, 1.54) is 0 Å². The average Bonchev–Trinajstić information content (AvgIpc) is 3.06. The molecular formula is C19H24Cl2N4OS. The number of carbonyl (C=O) groups is 1. The predicted molar refractivity (Wildman–Crippen MR) is 117 cm³/mol. The van der Waals surface area contributed by atoms with Crippen molar-refractivity contribution < 1.29 is 4.79 Å². The fraction of sp³-hybridized carbons (Fsp3) is 0.263. The Hall–Kier alpha value is -1.73. The minimum atomic E-state index is -0.0298. The zero-order valence-electron chi connectivity index (χ0n) is 14.8. The molecule has 0 aliphatic carbocycles. The summed E-state index contributed by atoms with van der Waals surface area (Å²) in [4.78, 5) is 20.3. The number of nitrogens with one attached hydrogen (secondary N) is 2. The lowest BCUT2D eigenvalue weighted by atomic mass is 10.1. The summed E-state index contributed by atoms with van der Waals surface area (Å²) in [5, 5.41) is 3.83. The molecule has 0 aliphatic rings. The van der Waals surface area contributed by atoms with Crippen LogP contribution < -0.4 is 11.1 Å². The van der Waals surface area contributed by atoms with Crippen LogP contribution in [0.15, 0.2) is 53.7 Å². The summed E-state index contributed by atoms with van der Waals surface area (Å²) in [5.41, 5.74) is 9.18. The third-order valence-corrected chi connectivity index (χ3v) is 4.83. The fourth-order valence-corrected chi connectivity index (χ4v) is 3.47. The van der Waals surface area contributed by atoms with Crippen LogP contribution in [0.1, 0.15) is 28.8 Å². The number of hydrogen-bond acceptors (Lipinski definition) is 4. The quantitative estimate of drug-likeness (QED) is 0.372. The summed E-state index contributed by atoms with van der Waals surface area (Å²) < 4.78 is 0. The molecule has 3 rings (SSSR count). The molecule has 0 radical (unpaired) electrons. The van der Waals surface area contributed by atoms with Gasteiger partial charge in [-0.25, -0.2) is 4.98 Å². The predicted octanol–water partition coefficient (Wildman–Crippen LogP) is 4.17. The lowest BCUT2D eigenvalue weighted by Crippen LogP contribution is -2.25. The van der Waals surface area contributed by atoms with Crippen LogP contribution in [0.2, 0.25) is 0 Å². The van der Waals surface area contributed by atoms with E-state index in [-0.39, 0.29) is 30.7 Å². The maximum atomic E-state index is 12.4. The number of carbonyl (C=O) groups excluding carboxylic acids is 1. The van der Waals surface area contributed by atoms with E-state index in [9.17, 15) is 4.79 Å². The lowest BCUT2D eigenvalue weighted by molar-refractivity contribution is 0.0952. The molecule has 0 spiro atoms. The molecule has 3 aromatic rings. The summed E-state index contributed by atoms with van der Waals surface area (Å²) in [6.07, 6.45) is 1.82. The number of nitrogens with two attached hydrogens (primary N) is 1. The first-order valence-electron chi connectivity index (χ1n) is 8.41. The van der Waals surface area contributed by atoms with E-state index in [1.54, 1.807) is 11.8 Å². The topological polar surface area (TPSA) is 83.8 Å². The molecule has 0 unspecified atom stereocenters. The number of thioether (sulfide) groups is 1. The molecule has 0 bridgehead atoms. The summed E-state index contributed by atoms with van der Waals surface area (Å²) in [7, 11) is 0. The van der Waals surface area contributed by atoms with Crippen LogP contribution in [0.3, 0.4) is 0 Å². The number of rotatable bonds is 8. The zero-order chi connectivity index (χ0) is 17.5. The van der Waals surface area contributed by atoms with Gasteiger partial charge in [0.25, 0.3) is 5.91 Å². The van der Waals surface area contributed by atoms with Gasteiger partial charge in [-0.1, -0.05) is 42.1 Å².